The van der Waals surface area contributed by atoms with Gasteiger partial charge in [0.2, 0.25) is 0 Å². The predicted octanol–water partition coefficient (Wildman–Crippen LogP) is 2.55. The summed E-state index contributed by atoms with van der Waals surface area (Å²) in [5.41, 5.74) is 1.07. The first-order valence-corrected chi connectivity index (χ1v) is 9.89. The van der Waals surface area contributed by atoms with Crippen LogP contribution in [-0.2, 0) is 5.54 Å². The Morgan fingerprint density at radius 1 is 1.07 bits per heavy atom. The largest absolute Gasteiger partial charge is 0.497 e. The lowest BCUT2D eigenvalue weighted by Crippen LogP contribution is -2.48. The highest BCUT2D eigenvalue weighted by Gasteiger charge is 2.33. The van der Waals surface area contributed by atoms with Crippen LogP contribution in [0.1, 0.15) is 51.5 Å². The number of rotatable bonds is 7. The molecule has 2 heterocycles. The van der Waals surface area contributed by atoms with Gasteiger partial charge in [-0.2, -0.15) is 0 Å². The normalized spacial score (nSPS) is 17.8. The molecule has 2 aromatic rings. The Morgan fingerprint density at radius 3 is 2.30 bits per heavy atom. The first kappa shape index (κ1) is 19.8. The van der Waals surface area contributed by atoms with E-state index in [1.165, 1.54) is 5.56 Å². The molecule has 7 nitrogen and oxygen atoms in total. The number of ether oxygens (including phenoxy) is 1. The fraction of sp³-hybridized carbons (Fsp3) is 0.650. The Labute approximate surface area is 162 Å². The maximum Gasteiger partial charge on any atom is 0.173 e. The standard InChI is InChI=1S/C20H32N6O/c1-6-20(3,4)26-19(21-22-23-26)18(16-8-10-17(27-5)11-9-16)25-14-12-24(7-2)13-15-25/h8-11,18H,6-7,12-15H2,1-5H3. The minimum Gasteiger partial charge on any atom is -0.497 e. The Hall–Kier alpha value is -1.99. The Morgan fingerprint density at radius 2 is 1.74 bits per heavy atom. The number of piperazine rings is 1. The quantitative estimate of drug-likeness (QED) is 0.744. The van der Waals surface area contributed by atoms with Gasteiger partial charge < -0.3 is 9.64 Å². The van der Waals surface area contributed by atoms with Gasteiger partial charge in [-0.15, -0.1) is 5.10 Å². The summed E-state index contributed by atoms with van der Waals surface area (Å²) in [6, 6.07) is 8.34. The number of likely N-dealkylation sites (N-methyl/N-ethyl adjacent to an activating group) is 1. The number of aromatic nitrogens is 4. The highest BCUT2D eigenvalue weighted by molar-refractivity contribution is 5.32. The molecular weight excluding hydrogens is 340 g/mol. The first-order chi connectivity index (χ1) is 13.0. The number of tetrazole rings is 1. The number of benzene rings is 1. The summed E-state index contributed by atoms with van der Waals surface area (Å²) in [6.45, 7) is 14.0. The zero-order valence-electron chi connectivity index (χ0n) is 17.2. The molecule has 0 N–H and O–H groups in total. The van der Waals surface area contributed by atoms with Crippen LogP contribution in [-0.4, -0.2) is 69.8 Å². The van der Waals surface area contributed by atoms with Crippen LogP contribution in [0.4, 0.5) is 0 Å². The van der Waals surface area contributed by atoms with Crippen molar-refractivity contribution < 1.29 is 4.74 Å². The number of nitrogens with zero attached hydrogens (tertiary/aromatic N) is 6. The van der Waals surface area contributed by atoms with Crippen molar-refractivity contribution in [2.24, 2.45) is 0 Å². The molecule has 0 saturated carbocycles. The summed E-state index contributed by atoms with van der Waals surface area (Å²) in [7, 11) is 1.70. The van der Waals surface area contributed by atoms with Crippen molar-refractivity contribution in [3.8, 4) is 5.75 Å². The third-order valence-corrected chi connectivity index (χ3v) is 5.83. The molecule has 0 amide bonds. The maximum atomic E-state index is 5.34. The van der Waals surface area contributed by atoms with E-state index in [2.05, 4.69) is 65.2 Å². The van der Waals surface area contributed by atoms with Gasteiger partial charge in [0.05, 0.1) is 18.7 Å². The van der Waals surface area contributed by atoms with Crippen molar-refractivity contribution in [2.75, 3.05) is 39.8 Å². The molecule has 1 unspecified atom stereocenters. The molecule has 0 bridgehead atoms. The van der Waals surface area contributed by atoms with E-state index in [0.29, 0.717) is 0 Å². The van der Waals surface area contributed by atoms with E-state index in [1.807, 2.05) is 16.8 Å². The highest BCUT2D eigenvalue weighted by Crippen LogP contribution is 2.32. The molecule has 7 heteroatoms. The van der Waals surface area contributed by atoms with Gasteiger partial charge in [-0.25, -0.2) is 4.68 Å². The van der Waals surface area contributed by atoms with Crippen molar-refractivity contribution in [3.05, 3.63) is 35.7 Å². The van der Waals surface area contributed by atoms with Crippen LogP contribution >= 0.6 is 0 Å². The first-order valence-electron chi connectivity index (χ1n) is 9.89. The van der Waals surface area contributed by atoms with Crippen LogP contribution < -0.4 is 4.74 Å². The van der Waals surface area contributed by atoms with Crippen LogP contribution in [0, 0.1) is 0 Å². The third-order valence-electron chi connectivity index (χ3n) is 5.83. The molecule has 1 aromatic carbocycles. The Bertz CT molecular complexity index is 718. The lowest BCUT2D eigenvalue weighted by Gasteiger charge is -2.39. The monoisotopic (exact) mass is 372 g/mol. The van der Waals surface area contributed by atoms with Gasteiger partial charge in [0.15, 0.2) is 5.82 Å². The smallest absolute Gasteiger partial charge is 0.173 e. The fourth-order valence-electron chi connectivity index (χ4n) is 3.59. The zero-order valence-corrected chi connectivity index (χ0v) is 17.2. The van der Waals surface area contributed by atoms with Crippen molar-refractivity contribution >= 4 is 0 Å². The fourth-order valence-corrected chi connectivity index (χ4v) is 3.59. The van der Waals surface area contributed by atoms with E-state index in [9.17, 15) is 0 Å². The number of hydrogen-bond acceptors (Lipinski definition) is 6. The molecule has 27 heavy (non-hydrogen) atoms. The highest BCUT2D eigenvalue weighted by atomic mass is 16.5. The zero-order chi connectivity index (χ0) is 19.4. The molecule has 1 aliphatic rings. The molecule has 1 aromatic heterocycles. The van der Waals surface area contributed by atoms with Gasteiger partial charge in [-0.1, -0.05) is 26.0 Å². The van der Waals surface area contributed by atoms with Crippen LogP contribution in [0.3, 0.4) is 0 Å². The SMILES string of the molecule is CCN1CCN(C(c2ccc(OC)cc2)c2nnnn2C(C)(C)CC)CC1. The summed E-state index contributed by atoms with van der Waals surface area (Å²) >= 11 is 0. The number of hydrogen-bond donors (Lipinski definition) is 0. The summed E-state index contributed by atoms with van der Waals surface area (Å²) in [5, 5.41) is 12.9. The van der Waals surface area contributed by atoms with Crippen molar-refractivity contribution in [1.29, 1.82) is 0 Å². The maximum absolute atomic E-state index is 5.34. The minimum absolute atomic E-state index is 0.0377. The second kappa shape index (κ2) is 8.35. The van der Waals surface area contributed by atoms with Gasteiger partial charge in [0, 0.05) is 26.2 Å². The molecule has 0 aliphatic carbocycles. The molecule has 0 radical (unpaired) electrons. The molecule has 148 valence electrons. The van der Waals surface area contributed by atoms with Gasteiger partial charge in [-0.05, 0) is 54.9 Å². The number of methoxy groups -OCH3 is 1. The molecule has 1 fully saturated rings. The molecule has 3 rings (SSSR count). The van der Waals surface area contributed by atoms with Crippen molar-refractivity contribution in [2.45, 2.75) is 45.7 Å². The average Bonchev–Trinajstić information content (AvgIpc) is 3.19. The molecular formula is C20H32N6O. The van der Waals surface area contributed by atoms with Crippen LogP contribution in [0.25, 0.3) is 0 Å². The van der Waals surface area contributed by atoms with E-state index in [4.69, 9.17) is 4.74 Å². The van der Waals surface area contributed by atoms with Crippen LogP contribution in [0.5, 0.6) is 5.75 Å². The van der Waals surface area contributed by atoms with E-state index >= 15 is 0 Å². The lowest BCUT2D eigenvalue weighted by atomic mass is 9.99. The van der Waals surface area contributed by atoms with Crippen LogP contribution in [0.15, 0.2) is 24.3 Å². The molecule has 1 aliphatic heterocycles. The van der Waals surface area contributed by atoms with Gasteiger partial charge >= 0.3 is 0 Å². The Balaban J connectivity index is 1.99. The predicted molar refractivity (Wildman–Crippen MR) is 106 cm³/mol. The summed E-state index contributed by atoms with van der Waals surface area (Å²) < 4.78 is 7.35. The third kappa shape index (κ3) is 4.14. The second-order valence-electron chi connectivity index (χ2n) is 7.76. The van der Waals surface area contributed by atoms with E-state index in [1.54, 1.807) is 7.11 Å². The molecule has 0 spiro atoms. The van der Waals surface area contributed by atoms with E-state index < -0.39 is 0 Å². The van der Waals surface area contributed by atoms with E-state index in [0.717, 1.165) is 50.7 Å². The topological polar surface area (TPSA) is 59.3 Å². The summed E-state index contributed by atoms with van der Waals surface area (Å²) in [5.74, 6) is 1.78. The Kier molecular flexibility index (Phi) is 6.11. The molecule has 1 atom stereocenters. The van der Waals surface area contributed by atoms with Crippen LogP contribution in [0.2, 0.25) is 0 Å². The molecule has 1 saturated heterocycles. The minimum atomic E-state index is -0.130. The average molecular weight is 373 g/mol. The lowest BCUT2D eigenvalue weighted by molar-refractivity contribution is 0.105. The second-order valence-corrected chi connectivity index (χ2v) is 7.76. The van der Waals surface area contributed by atoms with Crippen molar-refractivity contribution in [1.82, 2.24) is 30.0 Å². The summed E-state index contributed by atoms with van der Waals surface area (Å²) in [4.78, 5) is 4.99. The van der Waals surface area contributed by atoms with Crippen molar-refractivity contribution in [3.63, 3.8) is 0 Å². The van der Waals surface area contributed by atoms with E-state index in [-0.39, 0.29) is 11.6 Å². The van der Waals surface area contributed by atoms with Gasteiger partial charge in [0.1, 0.15) is 5.75 Å². The summed E-state index contributed by atoms with van der Waals surface area (Å²) in [6.07, 6.45) is 0.962. The van der Waals surface area contributed by atoms with Gasteiger partial charge in [-0.3, -0.25) is 4.90 Å². The van der Waals surface area contributed by atoms with Gasteiger partial charge in [0.25, 0.3) is 0 Å².